The molecule has 0 atom stereocenters. The van der Waals surface area contributed by atoms with E-state index in [0.717, 1.165) is 18.2 Å². The van der Waals surface area contributed by atoms with Crippen molar-refractivity contribution in [2.45, 2.75) is 6.18 Å². The summed E-state index contributed by atoms with van der Waals surface area (Å²) in [7, 11) is 0. The lowest BCUT2D eigenvalue weighted by molar-refractivity contribution is -0.141. The van der Waals surface area contributed by atoms with Crippen LogP contribution in [0.1, 0.15) is 21.7 Å². The second kappa shape index (κ2) is 5.18. The van der Waals surface area contributed by atoms with Crippen LogP contribution in [0.3, 0.4) is 0 Å². The van der Waals surface area contributed by atoms with E-state index in [1.165, 1.54) is 6.07 Å². The Morgan fingerprint density at radius 1 is 1.33 bits per heavy atom. The molecule has 0 radical (unpaired) electrons. The van der Waals surface area contributed by atoms with Gasteiger partial charge >= 0.3 is 6.18 Å². The zero-order chi connectivity index (χ0) is 15.8. The number of rotatable bonds is 2. The fraction of sp³-hybridized carbons (Fsp3) is 0.0833. The van der Waals surface area contributed by atoms with E-state index in [2.05, 4.69) is 5.10 Å². The van der Waals surface area contributed by atoms with Crippen LogP contribution >= 0.6 is 11.6 Å². The highest BCUT2D eigenvalue weighted by molar-refractivity contribution is 6.67. The van der Waals surface area contributed by atoms with Crippen LogP contribution in [0.5, 0.6) is 0 Å². The standard InChI is InChI=1S/C12H4ClF4N3O/c13-11(21)9-4-10(12(15,16)17)19-20(9)7-1-2-8(14)6(3-7)5-18/h1-4H. The highest BCUT2D eigenvalue weighted by Crippen LogP contribution is 2.30. The van der Waals surface area contributed by atoms with E-state index in [9.17, 15) is 22.4 Å². The molecule has 1 heterocycles. The fourth-order valence-corrected chi connectivity index (χ4v) is 1.72. The van der Waals surface area contributed by atoms with Crippen molar-refractivity contribution in [2.24, 2.45) is 0 Å². The van der Waals surface area contributed by atoms with Gasteiger partial charge in [0.25, 0.3) is 5.24 Å². The number of hydrogen-bond donors (Lipinski definition) is 0. The summed E-state index contributed by atoms with van der Waals surface area (Å²) >= 11 is 5.22. The third-order valence-electron chi connectivity index (χ3n) is 2.52. The Hall–Kier alpha value is -2.40. The maximum atomic E-state index is 13.2. The van der Waals surface area contributed by atoms with Crippen molar-refractivity contribution >= 4 is 16.8 Å². The second-order valence-corrected chi connectivity index (χ2v) is 4.22. The lowest BCUT2D eigenvalue weighted by atomic mass is 10.2. The van der Waals surface area contributed by atoms with Crippen molar-refractivity contribution in [1.82, 2.24) is 9.78 Å². The molecule has 0 bridgehead atoms. The number of nitrogens with zero attached hydrogens (tertiary/aromatic N) is 3. The minimum absolute atomic E-state index is 0.0903. The van der Waals surface area contributed by atoms with Gasteiger partial charge in [0, 0.05) is 6.07 Å². The van der Waals surface area contributed by atoms with E-state index in [1.54, 1.807) is 0 Å². The second-order valence-electron chi connectivity index (χ2n) is 3.87. The van der Waals surface area contributed by atoms with Gasteiger partial charge in [0.05, 0.1) is 11.3 Å². The number of hydrogen-bond acceptors (Lipinski definition) is 3. The Morgan fingerprint density at radius 3 is 2.52 bits per heavy atom. The summed E-state index contributed by atoms with van der Waals surface area (Å²) < 4.78 is 51.7. The lowest BCUT2D eigenvalue weighted by Crippen LogP contribution is -2.08. The van der Waals surface area contributed by atoms with Gasteiger partial charge in [-0.1, -0.05) is 0 Å². The summed E-state index contributed by atoms with van der Waals surface area (Å²) in [6.07, 6.45) is -4.77. The van der Waals surface area contributed by atoms with Crippen molar-refractivity contribution in [3.8, 4) is 11.8 Å². The molecule has 4 nitrogen and oxygen atoms in total. The predicted molar refractivity (Wildman–Crippen MR) is 63.4 cm³/mol. The van der Waals surface area contributed by atoms with Crippen molar-refractivity contribution < 1.29 is 22.4 Å². The number of nitriles is 1. The summed E-state index contributed by atoms with van der Waals surface area (Å²) in [5, 5.41) is 10.8. The monoisotopic (exact) mass is 317 g/mol. The summed E-state index contributed by atoms with van der Waals surface area (Å²) in [5.74, 6) is -0.844. The molecule has 0 unspecified atom stereocenters. The summed E-state index contributed by atoms with van der Waals surface area (Å²) in [4.78, 5) is 11.2. The van der Waals surface area contributed by atoms with Crippen molar-refractivity contribution in [2.75, 3.05) is 0 Å². The predicted octanol–water partition coefficient (Wildman–Crippen LogP) is 3.28. The molecule has 9 heteroatoms. The first-order valence-corrected chi connectivity index (χ1v) is 5.69. The van der Waals surface area contributed by atoms with Gasteiger partial charge in [-0.25, -0.2) is 9.07 Å². The fourth-order valence-electron chi connectivity index (χ4n) is 1.59. The van der Waals surface area contributed by atoms with Crippen LogP contribution in [0.15, 0.2) is 24.3 Å². The normalized spacial score (nSPS) is 11.2. The first-order valence-electron chi connectivity index (χ1n) is 5.31. The van der Waals surface area contributed by atoms with E-state index < -0.39 is 34.2 Å². The number of aromatic nitrogens is 2. The molecule has 0 aliphatic heterocycles. The smallest absolute Gasteiger partial charge is 0.274 e. The summed E-state index contributed by atoms with van der Waals surface area (Å²) in [6.45, 7) is 0. The van der Waals surface area contributed by atoms with Crippen molar-refractivity contribution in [3.63, 3.8) is 0 Å². The maximum absolute atomic E-state index is 13.2. The first-order chi connectivity index (χ1) is 9.74. The van der Waals surface area contributed by atoms with Crippen LogP contribution in [0.25, 0.3) is 5.69 Å². The highest BCUT2D eigenvalue weighted by Gasteiger charge is 2.36. The molecular formula is C12H4ClF4N3O. The van der Waals surface area contributed by atoms with Gasteiger partial charge in [0.2, 0.25) is 0 Å². The Balaban J connectivity index is 2.66. The van der Waals surface area contributed by atoms with Crippen molar-refractivity contribution in [3.05, 3.63) is 47.0 Å². The van der Waals surface area contributed by atoms with Crippen LogP contribution < -0.4 is 0 Å². The molecule has 108 valence electrons. The maximum Gasteiger partial charge on any atom is 0.435 e. The molecule has 0 fully saturated rings. The van der Waals surface area contributed by atoms with Gasteiger partial charge in [-0.3, -0.25) is 4.79 Å². The SMILES string of the molecule is N#Cc1cc(-n2nc(C(F)(F)F)cc2C(=O)Cl)ccc1F. The molecule has 0 aliphatic carbocycles. The molecule has 2 rings (SSSR count). The number of alkyl halides is 3. The van der Waals surface area contributed by atoms with Crippen LogP contribution in [-0.2, 0) is 6.18 Å². The molecule has 0 amide bonds. The Morgan fingerprint density at radius 2 is 2.00 bits per heavy atom. The van der Waals surface area contributed by atoms with Crippen LogP contribution in [0.4, 0.5) is 17.6 Å². The summed E-state index contributed by atoms with van der Waals surface area (Å²) in [6, 6.07) is 4.93. The average Bonchev–Trinajstić information content (AvgIpc) is 2.84. The van der Waals surface area contributed by atoms with Gasteiger partial charge in [-0.2, -0.15) is 23.5 Å². The zero-order valence-corrected chi connectivity index (χ0v) is 10.7. The van der Waals surface area contributed by atoms with Crippen LogP contribution in [0, 0.1) is 17.1 Å². The van der Waals surface area contributed by atoms with Gasteiger partial charge in [0.15, 0.2) is 5.69 Å². The van der Waals surface area contributed by atoms with Gasteiger partial charge in [-0.05, 0) is 29.8 Å². The van der Waals surface area contributed by atoms with Crippen LogP contribution in [0.2, 0.25) is 0 Å². The number of carbonyl (C=O) groups excluding carboxylic acids is 1. The van der Waals surface area contributed by atoms with Crippen molar-refractivity contribution in [1.29, 1.82) is 5.26 Å². The zero-order valence-electron chi connectivity index (χ0n) is 9.95. The molecule has 21 heavy (non-hydrogen) atoms. The molecule has 0 spiro atoms. The molecular weight excluding hydrogens is 314 g/mol. The number of benzene rings is 1. The lowest BCUT2D eigenvalue weighted by Gasteiger charge is -2.05. The van der Waals surface area contributed by atoms with E-state index in [-0.39, 0.29) is 5.69 Å². The van der Waals surface area contributed by atoms with Gasteiger partial charge in [0.1, 0.15) is 17.6 Å². The molecule has 0 aliphatic rings. The first kappa shape index (κ1) is 15.0. The Kier molecular flexibility index (Phi) is 3.70. The summed E-state index contributed by atoms with van der Waals surface area (Å²) in [5.41, 5.74) is -2.36. The van der Waals surface area contributed by atoms with Gasteiger partial charge < -0.3 is 0 Å². The van der Waals surface area contributed by atoms with E-state index >= 15 is 0 Å². The largest absolute Gasteiger partial charge is 0.435 e. The molecule has 0 saturated heterocycles. The van der Waals surface area contributed by atoms with E-state index in [1.807, 2.05) is 0 Å². The number of carbonyl (C=O) groups is 1. The van der Waals surface area contributed by atoms with Gasteiger partial charge in [-0.15, -0.1) is 0 Å². The Bertz CT molecular complexity index is 761. The Labute approximate surface area is 120 Å². The average molecular weight is 318 g/mol. The topological polar surface area (TPSA) is 58.7 Å². The quantitative estimate of drug-likeness (QED) is 0.631. The third kappa shape index (κ3) is 2.87. The highest BCUT2D eigenvalue weighted by atomic mass is 35.5. The minimum atomic E-state index is -4.77. The minimum Gasteiger partial charge on any atom is -0.274 e. The molecule has 1 aromatic carbocycles. The molecule has 1 aromatic heterocycles. The van der Waals surface area contributed by atoms with E-state index in [0.29, 0.717) is 10.7 Å². The molecule has 2 aromatic rings. The molecule has 0 saturated carbocycles. The van der Waals surface area contributed by atoms with Crippen LogP contribution in [-0.4, -0.2) is 15.0 Å². The van der Waals surface area contributed by atoms with E-state index in [4.69, 9.17) is 16.9 Å². The third-order valence-corrected chi connectivity index (χ3v) is 2.71. The molecule has 0 N–H and O–H groups in total. The number of halogens is 5.